The fourth-order valence-electron chi connectivity index (χ4n) is 5.12. The number of nitrogens with zero attached hydrogens (tertiary/aromatic N) is 2. The van der Waals surface area contributed by atoms with Crippen LogP contribution in [0.2, 0.25) is 0 Å². The molecule has 1 aliphatic heterocycles. The van der Waals surface area contributed by atoms with Gasteiger partial charge >= 0.3 is 6.09 Å². The van der Waals surface area contributed by atoms with E-state index in [9.17, 15) is 9.59 Å². The summed E-state index contributed by atoms with van der Waals surface area (Å²) >= 11 is 0. The summed E-state index contributed by atoms with van der Waals surface area (Å²) in [6.07, 6.45) is 3.60. The van der Waals surface area contributed by atoms with E-state index in [4.69, 9.17) is 4.74 Å². The first-order valence-corrected chi connectivity index (χ1v) is 11.1. The summed E-state index contributed by atoms with van der Waals surface area (Å²) in [5.74, 6) is 0.611. The Balaban J connectivity index is 1.48. The number of hydrogen-bond donors (Lipinski definition) is 1. The van der Waals surface area contributed by atoms with Crippen molar-refractivity contribution in [2.75, 3.05) is 20.6 Å². The maximum absolute atomic E-state index is 13.5. The van der Waals surface area contributed by atoms with E-state index in [0.29, 0.717) is 5.92 Å². The van der Waals surface area contributed by atoms with E-state index in [1.807, 2.05) is 0 Å². The SMILES string of the molecule is CC(C)C1c2[nH]c3ccccc3c2CCN1C(=O)C1CCC(OC(=O)N(C)C)CC1. The van der Waals surface area contributed by atoms with Crippen LogP contribution in [-0.4, -0.2) is 53.5 Å². The average molecular weight is 412 g/mol. The van der Waals surface area contributed by atoms with Crippen LogP contribution in [-0.2, 0) is 16.0 Å². The van der Waals surface area contributed by atoms with Crippen molar-refractivity contribution >= 4 is 22.9 Å². The number of hydrogen-bond acceptors (Lipinski definition) is 3. The van der Waals surface area contributed by atoms with Gasteiger partial charge in [0.05, 0.1) is 6.04 Å². The Morgan fingerprint density at radius 3 is 2.50 bits per heavy atom. The average Bonchev–Trinajstić information content (AvgIpc) is 3.11. The molecule has 2 heterocycles. The molecule has 2 amide bonds. The molecule has 6 heteroatoms. The summed E-state index contributed by atoms with van der Waals surface area (Å²) in [5, 5.41) is 1.29. The smallest absolute Gasteiger partial charge is 0.409 e. The summed E-state index contributed by atoms with van der Waals surface area (Å²) in [6.45, 7) is 5.17. The molecule has 4 rings (SSSR count). The monoisotopic (exact) mass is 411 g/mol. The highest BCUT2D eigenvalue weighted by atomic mass is 16.6. The number of carbonyl (C=O) groups is 2. The van der Waals surface area contributed by atoms with Crippen LogP contribution in [0.3, 0.4) is 0 Å². The lowest BCUT2D eigenvalue weighted by molar-refractivity contribution is -0.141. The van der Waals surface area contributed by atoms with E-state index in [1.165, 1.54) is 21.5 Å². The molecule has 30 heavy (non-hydrogen) atoms. The molecular formula is C24H33N3O3. The molecule has 2 aliphatic rings. The van der Waals surface area contributed by atoms with Gasteiger partial charge in [0.2, 0.25) is 5.91 Å². The largest absolute Gasteiger partial charge is 0.446 e. The van der Waals surface area contributed by atoms with Gasteiger partial charge in [-0.15, -0.1) is 0 Å². The van der Waals surface area contributed by atoms with Crippen molar-refractivity contribution in [2.24, 2.45) is 11.8 Å². The predicted octanol–water partition coefficient (Wildman–Crippen LogP) is 4.51. The molecule has 1 saturated carbocycles. The molecule has 0 saturated heterocycles. The Hall–Kier alpha value is -2.50. The second kappa shape index (κ2) is 8.32. The summed E-state index contributed by atoms with van der Waals surface area (Å²) in [6, 6.07) is 8.51. The highest BCUT2D eigenvalue weighted by Crippen LogP contribution is 2.40. The highest BCUT2D eigenvalue weighted by Gasteiger charge is 2.39. The van der Waals surface area contributed by atoms with Gasteiger partial charge in [0.15, 0.2) is 0 Å². The number of fused-ring (bicyclic) bond motifs is 3. The molecule has 1 fully saturated rings. The van der Waals surface area contributed by atoms with Gasteiger partial charge in [-0.25, -0.2) is 4.79 Å². The number of rotatable bonds is 3. The van der Waals surface area contributed by atoms with Crippen molar-refractivity contribution in [3.63, 3.8) is 0 Å². The molecule has 1 aliphatic carbocycles. The van der Waals surface area contributed by atoms with Crippen molar-refractivity contribution in [2.45, 2.75) is 58.1 Å². The van der Waals surface area contributed by atoms with Gasteiger partial charge < -0.3 is 19.5 Å². The number of para-hydroxylation sites is 1. The summed E-state index contributed by atoms with van der Waals surface area (Å²) in [5.41, 5.74) is 3.73. The fraction of sp³-hybridized carbons (Fsp3) is 0.583. The maximum Gasteiger partial charge on any atom is 0.409 e. The summed E-state index contributed by atoms with van der Waals surface area (Å²) in [4.78, 5) is 32.5. The van der Waals surface area contributed by atoms with Crippen LogP contribution in [0.4, 0.5) is 4.79 Å². The molecule has 162 valence electrons. The van der Waals surface area contributed by atoms with E-state index >= 15 is 0 Å². The molecule has 1 atom stereocenters. The number of aromatic nitrogens is 1. The standard InChI is InChI=1S/C24H33N3O3/c1-15(2)22-21-19(18-7-5-6-8-20(18)25-21)13-14-27(22)23(28)16-9-11-17(12-10-16)30-24(29)26(3)4/h5-8,15-17,22,25H,9-14H2,1-4H3. The van der Waals surface area contributed by atoms with Crippen molar-refractivity contribution in [3.8, 4) is 0 Å². The van der Waals surface area contributed by atoms with Gasteiger partial charge in [-0.1, -0.05) is 32.0 Å². The number of ether oxygens (including phenoxy) is 1. The Morgan fingerprint density at radius 2 is 1.83 bits per heavy atom. The minimum Gasteiger partial charge on any atom is -0.446 e. The van der Waals surface area contributed by atoms with Crippen molar-refractivity contribution in [1.82, 2.24) is 14.8 Å². The first-order chi connectivity index (χ1) is 14.4. The van der Waals surface area contributed by atoms with Crippen LogP contribution in [0.15, 0.2) is 24.3 Å². The fourth-order valence-corrected chi connectivity index (χ4v) is 5.12. The molecule has 0 radical (unpaired) electrons. The highest BCUT2D eigenvalue weighted by molar-refractivity contribution is 5.86. The molecule has 6 nitrogen and oxygen atoms in total. The number of amides is 2. The van der Waals surface area contributed by atoms with Gasteiger partial charge in [0, 0.05) is 43.2 Å². The predicted molar refractivity (Wildman–Crippen MR) is 117 cm³/mol. The molecule has 2 aromatic rings. The lowest BCUT2D eigenvalue weighted by atomic mass is 9.84. The van der Waals surface area contributed by atoms with Crippen molar-refractivity contribution in [1.29, 1.82) is 0 Å². The van der Waals surface area contributed by atoms with Gasteiger partial charge in [0.25, 0.3) is 0 Å². The van der Waals surface area contributed by atoms with E-state index in [1.54, 1.807) is 14.1 Å². The molecule has 0 bridgehead atoms. The summed E-state index contributed by atoms with van der Waals surface area (Å²) < 4.78 is 5.52. The summed E-state index contributed by atoms with van der Waals surface area (Å²) in [7, 11) is 3.39. The van der Waals surface area contributed by atoms with Gasteiger partial charge in [-0.3, -0.25) is 4.79 Å². The molecule has 1 unspecified atom stereocenters. The normalized spacial score (nSPS) is 24.0. The third-order valence-electron chi connectivity index (χ3n) is 6.65. The maximum atomic E-state index is 13.5. The number of aromatic amines is 1. The van der Waals surface area contributed by atoms with E-state index in [0.717, 1.165) is 44.2 Å². The second-order valence-corrected chi connectivity index (χ2v) is 9.29. The minimum atomic E-state index is -0.299. The zero-order chi connectivity index (χ0) is 21.4. The molecule has 1 aromatic heterocycles. The minimum absolute atomic E-state index is 0.0199. The number of nitrogens with one attached hydrogen (secondary N) is 1. The van der Waals surface area contributed by atoms with Crippen LogP contribution in [0, 0.1) is 11.8 Å². The lowest BCUT2D eigenvalue weighted by Gasteiger charge is -2.41. The molecule has 1 N–H and O–H groups in total. The van der Waals surface area contributed by atoms with Crippen LogP contribution in [0.1, 0.15) is 56.8 Å². The third kappa shape index (κ3) is 3.80. The van der Waals surface area contributed by atoms with Crippen LogP contribution < -0.4 is 0 Å². The third-order valence-corrected chi connectivity index (χ3v) is 6.65. The van der Waals surface area contributed by atoms with Crippen LogP contribution in [0.5, 0.6) is 0 Å². The van der Waals surface area contributed by atoms with E-state index < -0.39 is 0 Å². The van der Waals surface area contributed by atoms with Crippen molar-refractivity contribution in [3.05, 3.63) is 35.5 Å². The van der Waals surface area contributed by atoms with Crippen LogP contribution >= 0.6 is 0 Å². The zero-order valence-corrected chi connectivity index (χ0v) is 18.5. The van der Waals surface area contributed by atoms with Gasteiger partial charge in [-0.2, -0.15) is 0 Å². The number of benzene rings is 1. The number of H-pyrrole nitrogens is 1. The topological polar surface area (TPSA) is 65.6 Å². The first kappa shape index (κ1) is 20.8. The lowest BCUT2D eigenvalue weighted by Crippen LogP contribution is -2.46. The quantitative estimate of drug-likeness (QED) is 0.808. The molecule has 0 spiro atoms. The molecule has 1 aromatic carbocycles. The van der Waals surface area contributed by atoms with Gasteiger partial charge in [-0.05, 0) is 49.7 Å². The Labute approximate surface area is 178 Å². The van der Waals surface area contributed by atoms with Crippen LogP contribution in [0.25, 0.3) is 10.9 Å². The van der Waals surface area contributed by atoms with E-state index in [-0.39, 0.29) is 30.1 Å². The number of carbonyl (C=O) groups excluding carboxylic acids is 2. The van der Waals surface area contributed by atoms with Gasteiger partial charge in [0.1, 0.15) is 6.10 Å². The van der Waals surface area contributed by atoms with E-state index in [2.05, 4.69) is 48.0 Å². The molecular weight excluding hydrogens is 378 g/mol. The van der Waals surface area contributed by atoms with Crippen molar-refractivity contribution < 1.29 is 14.3 Å². The first-order valence-electron chi connectivity index (χ1n) is 11.1. The zero-order valence-electron chi connectivity index (χ0n) is 18.5. The second-order valence-electron chi connectivity index (χ2n) is 9.29. The Bertz CT molecular complexity index is 925. The Kier molecular flexibility index (Phi) is 5.76. The Morgan fingerprint density at radius 1 is 1.13 bits per heavy atom.